The molecule has 0 unspecified atom stereocenters. The minimum absolute atomic E-state index is 0.117. The first-order chi connectivity index (χ1) is 13.5. The maximum atomic E-state index is 12.4. The maximum absolute atomic E-state index is 12.4. The summed E-state index contributed by atoms with van der Waals surface area (Å²) in [5, 5.41) is 39.3. The summed E-state index contributed by atoms with van der Waals surface area (Å²) < 4.78 is 10.2. The van der Waals surface area contributed by atoms with Crippen molar-refractivity contribution in [3.05, 3.63) is 49.1 Å². The normalized spacial score (nSPS) is 30.0. The van der Waals surface area contributed by atoms with Gasteiger partial charge in [-0.3, -0.25) is 0 Å². The molecule has 162 valence electrons. The molecule has 8 heteroatoms. The third kappa shape index (κ3) is 5.02. The Morgan fingerprint density at radius 3 is 2.28 bits per heavy atom. The summed E-state index contributed by atoms with van der Waals surface area (Å²) in [7, 11) is 1.15. The fourth-order valence-corrected chi connectivity index (χ4v) is 3.79. The van der Waals surface area contributed by atoms with Crippen LogP contribution in [0.25, 0.3) is 0 Å². The number of hydrogen-bond acceptors (Lipinski definition) is 8. The Hall–Kier alpha value is -2.26. The lowest BCUT2D eigenvalue weighted by molar-refractivity contribution is -0.162. The number of hydrogen-bond donors (Lipinski definition) is 4. The summed E-state index contributed by atoms with van der Waals surface area (Å²) in [5.41, 5.74) is -0.999. The van der Waals surface area contributed by atoms with Crippen LogP contribution in [0, 0.1) is 17.3 Å². The van der Waals surface area contributed by atoms with E-state index in [4.69, 9.17) is 14.6 Å². The number of ether oxygens (including phenoxy) is 2. The van der Waals surface area contributed by atoms with Gasteiger partial charge in [-0.2, -0.15) is 0 Å². The molecule has 6 atom stereocenters. The minimum atomic E-state index is -1.51. The number of esters is 2. The molecule has 1 saturated carbocycles. The topological polar surface area (TPSA) is 134 Å². The lowest BCUT2D eigenvalue weighted by atomic mass is 9.58. The van der Waals surface area contributed by atoms with Gasteiger partial charge in [-0.05, 0) is 17.4 Å². The number of carbonyl (C=O) groups is 2. The van der Waals surface area contributed by atoms with E-state index in [0.717, 1.165) is 7.11 Å². The first-order valence-electron chi connectivity index (χ1n) is 9.05. The second kappa shape index (κ2) is 9.98. The fourth-order valence-electron chi connectivity index (χ4n) is 3.79. The summed E-state index contributed by atoms with van der Waals surface area (Å²) in [5.74, 6) is -3.54. The van der Waals surface area contributed by atoms with Crippen molar-refractivity contribution in [1.82, 2.24) is 0 Å². The van der Waals surface area contributed by atoms with Crippen LogP contribution in [0.5, 0.6) is 0 Å². The van der Waals surface area contributed by atoms with Crippen LogP contribution in [0.3, 0.4) is 0 Å². The highest BCUT2D eigenvalue weighted by molar-refractivity contribution is 5.90. The van der Waals surface area contributed by atoms with Crippen LogP contribution < -0.4 is 0 Å². The van der Waals surface area contributed by atoms with Gasteiger partial charge in [0.15, 0.2) is 0 Å². The van der Waals surface area contributed by atoms with Gasteiger partial charge in [-0.15, -0.1) is 6.58 Å². The molecule has 0 spiro atoms. The van der Waals surface area contributed by atoms with Crippen LogP contribution in [0.4, 0.5) is 0 Å². The van der Waals surface area contributed by atoms with E-state index in [-0.39, 0.29) is 17.6 Å². The zero-order valence-corrected chi connectivity index (χ0v) is 16.8. The van der Waals surface area contributed by atoms with E-state index in [2.05, 4.69) is 26.3 Å². The molecule has 0 heterocycles. The van der Waals surface area contributed by atoms with Gasteiger partial charge in [0, 0.05) is 11.5 Å². The van der Waals surface area contributed by atoms with E-state index in [0.29, 0.717) is 5.57 Å². The second-order valence-electron chi connectivity index (χ2n) is 7.41. The molecule has 0 aromatic heterocycles. The second-order valence-corrected chi connectivity index (χ2v) is 7.41. The van der Waals surface area contributed by atoms with Crippen LogP contribution in [0.15, 0.2) is 49.1 Å². The Balaban J connectivity index is 3.38. The summed E-state index contributed by atoms with van der Waals surface area (Å²) in [6, 6.07) is 0. The molecule has 1 rings (SSSR count). The van der Waals surface area contributed by atoms with Gasteiger partial charge in [0.2, 0.25) is 0 Å². The summed E-state index contributed by atoms with van der Waals surface area (Å²) in [4.78, 5) is 24.5. The molecule has 0 aromatic rings. The zero-order valence-electron chi connectivity index (χ0n) is 16.8. The van der Waals surface area contributed by atoms with Crippen molar-refractivity contribution >= 4 is 11.9 Å². The van der Waals surface area contributed by atoms with Gasteiger partial charge in [0.25, 0.3) is 0 Å². The molecular weight excluding hydrogens is 380 g/mol. The Morgan fingerprint density at radius 2 is 1.83 bits per heavy atom. The van der Waals surface area contributed by atoms with Gasteiger partial charge in [-0.25, -0.2) is 9.59 Å². The third-order valence-electron chi connectivity index (χ3n) is 5.52. The Labute approximate surface area is 170 Å². The average Bonchev–Trinajstić information content (AvgIpc) is 2.70. The van der Waals surface area contributed by atoms with Crippen LogP contribution in [0.1, 0.15) is 13.3 Å². The largest absolute Gasteiger partial charge is 0.466 e. The van der Waals surface area contributed by atoms with Crippen molar-refractivity contribution in [2.45, 2.75) is 31.7 Å². The molecular formula is C21H30O8. The quantitative estimate of drug-likeness (QED) is 0.242. The van der Waals surface area contributed by atoms with Crippen molar-refractivity contribution in [2.75, 3.05) is 20.3 Å². The fraction of sp³-hybridized carbons (Fsp3) is 0.524. The van der Waals surface area contributed by atoms with E-state index in [9.17, 15) is 24.9 Å². The molecule has 0 bridgehead atoms. The molecule has 0 radical (unpaired) electrons. The highest BCUT2D eigenvalue weighted by atomic mass is 16.5. The lowest BCUT2D eigenvalue weighted by Crippen LogP contribution is -2.54. The smallest absolute Gasteiger partial charge is 0.336 e. The maximum Gasteiger partial charge on any atom is 0.336 e. The van der Waals surface area contributed by atoms with E-state index in [1.54, 1.807) is 13.0 Å². The highest BCUT2D eigenvalue weighted by Gasteiger charge is 2.53. The van der Waals surface area contributed by atoms with Gasteiger partial charge >= 0.3 is 11.9 Å². The Morgan fingerprint density at radius 1 is 1.24 bits per heavy atom. The molecule has 0 amide bonds. The summed E-state index contributed by atoms with van der Waals surface area (Å²) >= 11 is 0. The van der Waals surface area contributed by atoms with Gasteiger partial charge in [-0.1, -0.05) is 32.7 Å². The molecule has 1 aliphatic rings. The predicted octanol–water partition coefficient (Wildman–Crippen LogP) is 0.275. The zero-order chi connectivity index (χ0) is 22.5. The van der Waals surface area contributed by atoms with Gasteiger partial charge in [0.05, 0.1) is 37.9 Å². The minimum Gasteiger partial charge on any atom is -0.466 e. The van der Waals surface area contributed by atoms with Gasteiger partial charge in [0.1, 0.15) is 12.2 Å². The van der Waals surface area contributed by atoms with Crippen molar-refractivity contribution in [2.24, 2.45) is 17.3 Å². The number of allylic oxidation sites excluding steroid dienone is 1. The molecule has 0 saturated heterocycles. The van der Waals surface area contributed by atoms with Crippen LogP contribution in [-0.2, 0) is 19.1 Å². The standard InChI is InChI=1S/C21H30O8/c1-7-21(5)8-15(29-20(27)12(3)14(24)10-23)16(13(4)19(26)28-6)18(25)17(21)11(2)9-22/h7,14-18,22-25H,1-4,8-10H2,5-6H3/t14-,15-,16-,17+,18-,21-/m0/s1. The molecule has 29 heavy (non-hydrogen) atoms. The number of methoxy groups -OCH3 is 1. The summed E-state index contributed by atoms with van der Waals surface area (Å²) in [6.45, 7) is 15.3. The highest BCUT2D eigenvalue weighted by Crippen LogP contribution is 2.50. The molecule has 0 aromatic carbocycles. The molecule has 1 fully saturated rings. The monoisotopic (exact) mass is 410 g/mol. The van der Waals surface area contributed by atoms with E-state index in [1.165, 1.54) is 0 Å². The first-order valence-corrected chi connectivity index (χ1v) is 9.05. The molecule has 1 aliphatic carbocycles. The molecule has 0 aliphatic heterocycles. The summed E-state index contributed by atoms with van der Waals surface area (Å²) in [6.07, 6.45) is -2.17. The van der Waals surface area contributed by atoms with E-state index < -0.39 is 60.7 Å². The number of rotatable bonds is 9. The number of aliphatic hydroxyl groups excluding tert-OH is 4. The Bertz CT molecular complexity index is 697. The van der Waals surface area contributed by atoms with E-state index in [1.807, 2.05) is 0 Å². The third-order valence-corrected chi connectivity index (χ3v) is 5.52. The SMILES string of the molecule is C=C[C@@]1(C)C[C@H](OC(=O)C(=C)[C@@H](O)CO)[C@H](C(=C)C(=O)OC)[C@H](O)[C@H]1C(=C)CO. The van der Waals surface area contributed by atoms with Gasteiger partial charge < -0.3 is 29.9 Å². The molecule has 8 nitrogen and oxygen atoms in total. The van der Waals surface area contributed by atoms with Crippen LogP contribution >= 0.6 is 0 Å². The lowest BCUT2D eigenvalue weighted by Gasteiger charge is -2.50. The van der Waals surface area contributed by atoms with Crippen LogP contribution in [0.2, 0.25) is 0 Å². The first kappa shape index (κ1) is 24.8. The Kier molecular flexibility index (Phi) is 8.52. The van der Waals surface area contributed by atoms with Crippen molar-refractivity contribution < 1.29 is 39.5 Å². The van der Waals surface area contributed by atoms with Crippen LogP contribution in [-0.4, -0.2) is 71.0 Å². The number of carbonyl (C=O) groups excluding carboxylic acids is 2. The van der Waals surface area contributed by atoms with E-state index >= 15 is 0 Å². The number of aliphatic hydroxyl groups is 4. The van der Waals surface area contributed by atoms with Crippen molar-refractivity contribution in [1.29, 1.82) is 0 Å². The van der Waals surface area contributed by atoms with Crippen molar-refractivity contribution in [3.8, 4) is 0 Å². The predicted molar refractivity (Wildman–Crippen MR) is 105 cm³/mol. The van der Waals surface area contributed by atoms with Crippen molar-refractivity contribution in [3.63, 3.8) is 0 Å². The molecule has 4 N–H and O–H groups in total. The average molecular weight is 410 g/mol.